The molecule has 4 nitrogen and oxygen atoms in total. The topological polar surface area (TPSA) is 64.7 Å². The molecule has 0 aliphatic rings. The number of nitrogens with two attached hydrogens (primary N) is 1. The molecule has 2 rings (SSSR count). The Labute approximate surface area is 114 Å². The van der Waals surface area contributed by atoms with Crippen LogP contribution in [0.2, 0.25) is 0 Å². The molecule has 0 atom stereocenters. The monoisotopic (exact) mass is 256 g/mol. The molecule has 0 aliphatic carbocycles. The molecule has 100 valence electrons. The Bertz CT molecular complexity index is 571. The van der Waals surface area contributed by atoms with E-state index in [4.69, 9.17) is 5.73 Å². The molecule has 4 heteroatoms. The van der Waals surface area contributed by atoms with Crippen LogP contribution in [0.3, 0.4) is 0 Å². The molecule has 0 unspecified atom stereocenters. The lowest BCUT2D eigenvalue weighted by Crippen LogP contribution is -2.19. The molecule has 0 bridgehead atoms. The van der Waals surface area contributed by atoms with Crippen LogP contribution in [0, 0.1) is 6.92 Å². The van der Waals surface area contributed by atoms with Crippen molar-refractivity contribution >= 4 is 5.82 Å². The molecule has 2 heterocycles. The van der Waals surface area contributed by atoms with Gasteiger partial charge in [-0.2, -0.15) is 0 Å². The lowest BCUT2D eigenvalue weighted by Gasteiger charge is -2.19. The molecule has 0 aromatic carbocycles. The van der Waals surface area contributed by atoms with E-state index in [1.54, 1.807) is 6.20 Å². The first-order chi connectivity index (χ1) is 8.88. The summed E-state index contributed by atoms with van der Waals surface area (Å²) in [6, 6.07) is 5.88. The summed E-state index contributed by atoms with van der Waals surface area (Å²) in [5, 5.41) is 0. The van der Waals surface area contributed by atoms with E-state index in [9.17, 15) is 0 Å². The van der Waals surface area contributed by atoms with Gasteiger partial charge in [-0.05, 0) is 19.1 Å². The van der Waals surface area contributed by atoms with Crippen LogP contribution in [-0.2, 0) is 11.8 Å². The number of pyridine rings is 1. The highest BCUT2D eigenvalue weighted by molar-refractivity contribution is 5.43. The van der Waals surface area contributed by atoms with Crippen molar-refractivity contribution in [2.45, 2.75) is 39.5 Å². The van der Waals surface area contributed by atoms with Gasteiger partial charge in [-0.15, -0.1) is 0 Å². The Hall–Kier alpha value is -1.97. The summed E-state index contributed by atoms with van der Waals surface area (Å²) in [6.45, 7) is 8.21. The fraction of sp³-hybridized carbons (Fsp3) is 0.400. The van der Waals surface area contributed by atoms with Gasteiger partial charge in [0, 0.05) is 29.3 Å². The second kappa shape index (κ2) is 4.96. The second-order valence-electron chi connectivity index (χ2n) is 5.75. The highest BCUT2D eigenvalue weighted by atomic mass is 15.0. The summed E-state index contributed by atoms with van der Waals surface area (Å²) >= 11 is 0. The summed E-state index contributed by atoms with van der Waals surface area (Å²) < 4.78 is 0. The van der Waals surface area contributed by atoms with E-state index in [2.05, 4.69) is 35.7 Å². The van der Waals surface area contributed by atoms with Gasteiger partial charge in [0.2, 0.25) is 0 Å². The van der Waals surface area contributed by atoms with Crippen LogP contribution in [-0.4, -0.2) is 15.0 Å². The number of rotatable bonds is 2. The number of nitrogens with zero attached hydrogens (tertiary/aromatic N) is 3. The molecule has 19 heavy (non-hydrogen) atoms. The van der Waals surface area contributed by atoms with E-state index in [1.165, 1.54) is 0 Å². The van der Waals surface area contributed by atoms with Gasteiger partial charge in [-0.1, -0.05) is 26.8 Å². The minimum absolute atomic E-state index is 0.110. The molecular weight excluding hydrogens is 236 g/mol. The average molecular weight is 256 g/mol. The fourth-order valence-corrected chi connectivity index (χ4v) is 1.76. The molecule has 0 aliphatic heterocycles. The zero-order chi connectivity index (χ0) is 14.0. The molecule has 0 saturated heterocycles. The smallest absolute Gasteiger partial charge is 0.136 e. The maximum atomic E-state index is 6.00. The van der Waals surface area contributed by atoms with Crippen LogP contribution in [0.25, 0.3) is 0 Å². The summed E-state index contributed by atoms with van der Waals surface area (Å²) in [5.41, 5.74) is 8.78. The summed E-state index contributed by atoms with van der Waals surface area (Å²) in [7, 11) is 0. The Kier molecular flexibility index (Phi) is 3.51. The van der Waals surface area contributed by atoms with Crippen molar-refractivity contribution < 1.29 is 0 Å². The van der Waals surface area contributed by atoms with E-state index in [1.807, 2.05) is 25.1 Å². The van der Waals surface area contributed by atoms with Gasteiger partial charge in [0.25, 0.3) is 0 Å². The fourth-order valence-electron chi connectivity index (χ4n) is 1.76. The van der Waals surface area contributed by atoms with Crippen LogP contribution >= 0.6 is 0 Å². The Morgan fingerprint density at radius 1 is 1.16 bits per heavy atom. The Morgan fingerprint density at radius 3 is 2.47 bits per heavy atom. The average Bonchev–Trinajstić information content (AvgIpc) is 2.34. The van der Waals surface area contributed by atoms with Gasteiger partial charge in [0.05, 0.1) is 5.69 Å². The molecular formula is C15H20N4. The van der Waals surface area contributed by atoms with Crippen molar-refractivity contribution in [1.82, 2.24) is 15.0 Å². The van der Waals surface area contributed by atoms with Gasteiger partial charge in [-0.3, -0.25) is 4.98 Å². The van der Waals surface area contributed by atoms with E-state index in [-0.39, 0.29) is 5.41 Å². The minimum atomic E-state index is -0.110. The van der Waals surface area contributed by atoms with Crippen molar-refractivity contribution in [3.05, 3.63) is 47.2 Å². The van der Waals surface area contributed by atoms with Gasteiger partial charge in [0.15, 0.2) is 0 Å². The first-order valence-corrected chi connectivity index (χ1v) is 6.41. The number of anilines is 1. The molecule has 0 radical (unpaired) electrons. The third-order valence-corrected chi connectivity index (χ3v) is 3.03. The lowest BCUT2D eigenvalue weighted by molar-refractivity contribution is 0.542. The molecule has 0 saturated carbocycles. The highest BCUT2D eigenvalue weighted by Gasteiger charge is 2.20. The van der Waals surface area contributed by atoms with Crippen LogP contribution < -0.4 is 5.73 Å². The zero-order valence-electron chi connectivity index (χ0n) is 11.9. The molecule has 2 aromatic heterocycles. The lowest BCUT2D eigenvalue weighted by atomic mass is 9.95. The van der Waals surface area contributed by atoms with Crippen LogP contribution in [0.15, 0.2) is 24.4 Å². The largest absolute Gasteiger partial charge is 0.383 e. The quantitative estimate of drug-likeness (QED) is 0.897. The molecule has 0 fully saturated rings. The summed E-state index contributed by atoms with van der Waals surface area (Å²) in [4.78, 5) is 13.4. The molecule has 2 aromatic rings. The van der Waals surface area contributed by atoms with Crippen LogP contribution in [0.4, 0.5) is 5.82 Å². The van der Waals surface area contributed by atoms with Crippen molar-refractivity contribution in [2.75, 3.05) is 5.73 Å². The van der Waals surface area contributed by atoms with E-state index in [0.717, 1.165) is 22.8 Å². The molecule has 2 N–H and O–H groups in total. The second-order valence-corrected chi connectivity index (χ2v) is 5.75. The predicted molar refractivity (Wildman–Crippen MR) is 76.9 cm³/mol. The SMILES string of the molecule is Cc1c(N)nc(C(C)(C)C)nc1Cc1ccccn1. The van der Waals surface area contributed by atoms with Crippen molar-refractivity contribution in [2.24, 2.45) is 0 Å². The van der Waals surface area contributed by atoms with Crippen molar-refractivity contribution in [3.8, 4) is 0 Å². The zero-order valence-corrected chi connectivity index (χ0v) is 11.9. The minimum Gasteiger partial charge on any atom is -0.383 e. The Morgan fingerprint density at radius 2 is 1.89 bits per heavy atom. The number of aromatic nitrogens is 3. The maximum Gasteiger partial charge on any atom is 0.136 e. The van der Waals surface area contributed by atoms with Crippen LogP contribution in [0.1, 0.15) is 43.5 Å². The first kappa shape index (κ1) is 13.5. The van der Waals surface area contributed by atoms with Gasteiger partial charge in [-0.25, -0.2) is 9.97 Å². The van der Waals surface area contributed by atoms with Gasteiger partial charge in [0.1, 0.15) is 11.6 Å². The standard InChI is InChI=1S/C15H20N4/c1-10-12(9-11-7-5-6-8-17-11)18-14(15(2,3)4)19-13(10)16/h5-8H,9H2,1-4H3,(H2,16,18,19). The van der Waals surface area contributed by atoms with Gasteiger partial charge >= 0.3 is 0 Å². The van der Waals surface area contributed by atoms with Crippen molar-refractivity contribution in [1.29, 1.82) is 0 Å². The number of hydrogen-bond acceptors (Lipinski definition) is 4. The summed E-state index contributed by atoms with van der Waals surface area (Å²) in [5.74, 6) is 1.34. The number of nitrogen functional groups attached to an aromatic ring is 1. The maximum absolute atomic E-state index is 6.00. The molecule has 0 spiro atoms. The third-order valence-electron chi connectivity index (χ3n) is 3.03. The normalized spacial score (nSPS) is 11.6. The van der Waals surface area contributed by atoms with Crippen LogP contribution in [0.5, 0.6) is 0 Å². The summed E-state index contributed by atoms with van der Waals surface area (Å²) in [6.07, 6.45) is 2.47. The number of hydrogen-bond donors (Lipinski definition) is 1. The van der Waals surface area contributed by atoms with E-state index >= 15 is 0 Å². The van der Waals surface area contributed by atoms with Gasteiger partial charge < -0.3 is 5.73 Å². The highest BCUT2D eigenvalue weighted by Crippen LogP contribution is 2.23. The molecule has 0 amide bonds. The van der Waals surface area contributed by atoms with Crippen molar-refractivity contribution in [3.63, 3.8) is 0 Å². The van der Waals surface area contributed by atoms with E-state index in [0.29, 0.717) is 12.2 Å². The van der Waals surface area contributed by atoms with E-state index < -0.39 is 0 Å². The predicted octanol–water partition coefficient (Wildman–Crippen LogP) is 2.65. The third kappa shape index (κ3) is 3.08. The first-order valence-electron chi connectivity index (χ1n) is 6.41. The Balaban J connectivity index is 2.42.